The minimum Gasteiger partial charge on any atom is -0.410 e. The highest BCUT2D eigenvalue weighted by Crippen LogP contribution is 2.28. The molecule has 1 aliphatic heterocycles. The molecule has 0 spiro atoms. The van der Waals surface area contributed by atoms with Crippen molar-refractivity contribution in [2.75, 3.05) is 13.1 Å². The van der Waals surface area contributed by atoms with Crippen molar-refractivity contribution >= 4 is 16.9 Å². The molecule has 0 aliphatic carbocycles. The molecule has 20 heavy (non-hydrogen) atoms. The lowest BCUT2D eigenvalue weighted by Gasteiger charge is -2.25. The van der Waals surface area contributed by atoms with Gasteiger partial charge in [-0.1, -0.05) is 24.3 Å². The number of fused-ring (bicyclic) bond motifs is 1. The standard InChI is InChI=1S/C16H16FNO2/c17-14-8-9-15(13-7-3-2-6-12(13)14)20-16(19)18-10-4-1-5-11-18/h2-3,6-9H,1,4-5,10-11H2. The molecule has 1 saturated heterocycles. The molecular weight excluding hydrogens is 257 g/mol. The van der Waals surface area contributed by atoms with Crippen LogP contribution in [0.3, 0.4) is 0 Å². The van der Waals surface area contributed by atoms with E-state index < -0.39 is 0 Å². The molecule has 0 N–H and O–H groups in total. The first-order valence-electron chi connectivity index (χ1n) is 6.90. The van der Waals surface area contributed by atoms with Crippen LogP contribution in [-0.2, 0) is 0 Å². The molecule has 2 aromatic carbocycles. The highest BCUT2D eigenvalue weighted by molar-refractivity contribution is 5.90. The van der Waals surface area contributed by atoms with Gasteiger partial charge in [-0.2, -0.15) is 0 Å². The predicted molar refractivity (Wildman–Crippen MR) is 75.4 cm³/mol. The Labute approximate surface area is 116 Å². The fourth-order valence-corrected chi connectivity index (χ4v) is 2.56. The Hall–Kier alpha value is -2.10. The van der Waals surface area contributed by atoms with Crippen LogP contribution in [-0.4, -0.2) is 24.1 Å². The van der Waals surface area contributed by atoms with Crippen LogP contribution >= 0.6 is 0 Å². The average Bonchev–Trinajstić information content (AvgIpc) is 2.51. The lowest BCUT2D eigenvalue weighted by Crippen LogP contribution is -2.37. The van der Waals surface area contributed by atoms with Crippen molar-refractivity contribution in [3.05, 3.63) is 42.2 Å². The first-order chi connectivity index (χ1) is 9.75. The summed E-state index contributed by atoms with van der Waals surface area (Å²) >= 11 is 0. The van der Waals surface area contributed by atoms with Crippen molar-refractivity contribution < 1.29 is 13.9 Å². The van der Waals surface area contributed by atoms with Crippen LogP contribution in [0, 0.1) is 5.82 Å². The van der Waals surface area contributed by atoms with E-state index in [2.05, 4.69) is 0 Å². The molecular formula is C16H16FNO2. The molecule has 3 rings (SSSR count). The fraction of sp³-hybridized carbons (Fsp3) is 0.312. The molecule has 104 valence electrons. The molecule has 0 aromatic heterocycles. The highest BCUT2D eigenvalue weighted by atomic mass is 19.1. The number of piperidine rings is 1. The van der Waals surface area contributed by atoms with Gasteiger partial charge in [-0.3, -0.25) is 0 Å². The van der Waals surface area contributed by atoms with Crippen LogP contribution in [0.15, 0.2) is 36.4 Å². The van der Waals surface area contributed by atoms with Gasteiger partial charge >= 0.3 is 6.09 Å². The molecule has 1 fully saturated rings. The van der Waals surface area contributed by atoms with E-state index in [9.17, 15) is 9.18 Å². The topological polar surface area (TPSA) is 29.5 Å². The van der Waals surface area contributed by atoms with E-state index >= 15 is 0 Å². The Balaban J connectivity index is 1.87. The van der Waals surface area contributed by atoms with Crippen LogP contribution in [0.25, 0.3) is 10.8 Å². The summed E-state index contributed by atoms with van der Waals surface area (Å²) in [6, 6.07) is 9.86. The maximum atomic E-state index is 13.7. The molecule has 1 heterocycles. The van der Waals surface area contributed by atoms with E-state index in [0.717, 1.165) is 32.4 Å². The third kappa shape index (κ3) is 2.46. The third-order valence-corrected chi connectivity index (χ3v) is 3.64. The van der Waals surface area contributed by atoms with E-state index in [-0.39, 0.29) is 11.9 Å². The van der Waals surface area contributed by atoms with Crippen molar-refractivity contribution in [1.82, 2.24) is 4.90 Å². The monoisotopic (exact) mass is 273 g/mol. The van der Waals surface area contributed by atoms with E-state index in [1.54, 1.807) is 29.2 Å². The number of carbonyl (C=O) groups is 1. The minimum absolute atomic E-state index is 0.307. The Kier molecular flexibility index (Phi) is 3.54. The van der Waals surface area contributed by atoms with Gasteiger partial charge < -0.3 is 9.64 Å². The zero-order chi connectivity index (χ0) is 13.9. The molecule has 3 nitrogen and oxygen atoms in total. The molecule has 0 bridgehead atoms. The summed E-state index contributed by atoms with van der Waals surface area (Å²) in [5.74, 6) is 0.107. The maximum absolute atomic E-state index is 13.7. The summed E-state index contributed by atoms with van der Waals surface area (Å²) in [4.78, 5) is 13.8. The zero-order valence-electron chi connectivity index (χ0n) is 11.1. The van der Waals surface area contributed by atoms with E-state index in [0.29, 0.717) is 16.5 Å². The van der Waals surface area contributed by atoms with Crippen LogP contribution in [0.2, 0.25) is 0 Å². The van der Waals surface area contributed by atoms with Gasteiger partial charge in [0.15, 0.2) is 0 Å². The van der Waals surface area contributed by atoms with Crippen molar-refractivity contribution in [3.63, 3.8) is 0 Å². The first kappa shape index (κ1) is 12.9. The van der Waals surface area contributed by atoms with Crippen molar-refractivity contribution in [1.29, 1.82) is 0 Å². The molecule has 1 aliphatic rings. The minimum atomic E-state index is -0.346. The zero-order valence-corrected chi connectivity index (χ0v) is 11.1. The molecule has 1 amide bonds. The van der Waals surface area contributed by atoms with Crippen LogP contribution in [0.1, 0.15) is 19.3 Å². The van der Waals surface area contributed by atoms with E-state index in [1.807, 2.05) is 0 Å². The van der Waals surface area contributed by atoms with Gasteiger partial charge in [0.25, 0.3) is 0 Å². The number of halogens is 1. The smallest absolute Gasteiger partial charge is 0.410 e. The number of rotatable bonds is 1. The summed E-state index contributed by atoms with van der Waals surface area (Å²) in [5, 5.41) is 1.09. The summed E-state index contributed by atoms with van der Waals surface area (Å²) < 4.78 is 19.1. The molecule has 0 atom stereocenters. The number of carbonyl (C=O) groups excluding carboxylic acids is 1. The number of amides is 1. The molecule has 2 aromatic rings. The Morgan fingerprint density at radius 3 is 2.45 bits per heavy atom. The van der Waals surface area contributed by atoms with Gasteiger partial charge in [0.1, 0.15) is 11.6 Å². The van der Waals surface area contributed by atoms with Crippen LogP contribution in [0.5, 0.6) is 5.75 Å². The average molecular weight is 273 g/mol. The number of likely N-dealkylation sites (tertiary alicyclic amines) is 1. The third-order valence-electron chi connectivity index (χ3n) is 3.64. The molecule has 0 unspecified atom stereocenters. The first-order valence-corrected chi connectivity index (χ1v) is 6.90. The lowest BCUT2D eigenvalue weighted by atomic mass is 10.1. The number of hydrogen-bond donors (Lipinski definition) is 0. The molecule has 0 saturated carbocycles. The fourth-order valence-electron chi connectivity index (χ4n) is 2.56. The van der Waals surface area contributed by atoms with Crippen LogP contribution in [0.4, 0.5) is 9.18 Å². The lowest BCUT2D eigenvalue weighted by molar-refractivity contribution is 0.143. The Bertz CT molecular complexity index is 635. The predicted octanol–water partition coefficient (Wildman–Crippen LogP) is 3.96. The van der Waals surface area contributed by atoms with Gasteiger partial charge in [-0.15, -0.1) is 0 Å². The highest BCUT2D eigenvalue weighted by Gasteiger charge is 2.19. The van der Waals surface area contributed by atoms with Crippen molar-refractivity contribution in [3.8, 4) is 5.75 Å². The van der Waals surface area contributed by atoms with Gasteiger partial charge in [0.05, 0.1) is 0 Å². The molecule has 0 radical (unpaired) electrons. The second-order valence-corrected chi connectivity index (χ2v) is 5.01. The summed E-state index contributed by atoms with van der Waals surface area (Å²) in [6.07, 6.45) is 2.84. The van der Waals surface area contributed by atoms with Crippen molar-refractivity contribution in [2.45, 2.75) is 19.3 Å². The quantitative estimate of drug-likeness (QED) is 0.787. The Morgan fingerprint density at radius 1 is 1.00 bits per heavy atom. The van der Waals surface area contributed by atoms with Gasteiger partial charge in [-0.25, -0.2) is 9.18 Å². The molecule has 4 heteroatoms. The van der Waals surface area contributed by atoms with Gasteiger partial charge in [0.2, 0.25) is 0 Å². The van der Waals surface area contributed by atoms with Crippen LogP contribution < -0.4 is 4.74 Å². The van der Waals surface area contributed by atoms with E-state index in [4.69, 9.17) is 4.74 Å². The summed E-state index contributed by atoms with van der Waals surface area (Å²) in [6.45, 7) is 1.47. The number of hydrogen-bond acceptors (Lipinski definition) is 2. The van der Waals surface area contributed by atoms with Gasteiger partial charge in [-0.05, 0) is 31.4 Å². The summed E-state index contributed by atoms with van der Waals surface area (Å²) in [7, 11) is 0. The maximum Gasteiger partial charge on any atom is 0.415 e. The summed E-state index contributed by atoms with van der Waals surface area (Å²) in [5.41, 5.74) is 0. The SMILES string of the molecule is O=C(Oc1ccc(F)c2ccccc12)N1CCCCC1. The van der Waals surface area contributed by atoms with Crippen molar-refractivity contribution in [2.24, 2.45) is 0 Å². The Morgan fingerprint density at radius 2 is 1.70 bits per heavy atom. The number of nitrogens with zero attached hydrogens (tertiary/aromatic N) is 1. The second-order valence-electron chi connectivity index (χ2n) is 5.01. The van der Waals surface area contributed by atoms with E-state index in [1.165, 1.54) is 12.1 Å². The number of benzene rings is 2. The normalized spacial score (nSPS) is 15.3. The largest absolute Gasteiger partial charge is 0.415 e. The second kappa shape index (κ2) is 5.49. The van der Waals surface area contributed by atoms with Gasteiger partial charge in [0, 0.05) is 23.9 Å². The number of ether oxygens (including phenoxy) is 1.